The molecule has 0 atom stereocenters. The van der Waals surface area contributed by atoms with E-state index in [1.165, 1.54) is 6.07 Å². The lowest BCUT2D eigenvalue weighted by Crippen LogP contribution is -2.25. The number of carbonyl (C=O) groups is 1. The van der Waals surface area contributed by atoms with Crippen molar-refractivity contribution in [3.05, 3.63) is 33.8 Å². The Labute approximate surface area is 98.0 Å². The molecule has 0 saturated carbocycles. The van der Waals surface area contributed by atoms with E-state index in [0.29, 0.717) is 27.9 Å². The molecule has 0 spiro atoms. The summed E-state index contributed by atoms with van der Waals surface area (Å²) in [6.07, 6.45) is 0. The van der Waals surface area contributed by atoms with Crippen LogP contribution >= 0.6 is 35.8 Å². The molecule has 0 bridgehead atoms. The molecule has 1 amide bonds. The quantitative estimate of drug-likeness (QED) is 0.793. The highest BCUT2D eigenvalue weighted by Gasteiger charge is 2.09. The molecule has 14 heavy (non-hydrogen) atoms. The minimum atomic E-state index is -0.230. The zero-order valence-electron chi connectivity index (χ0n) is 7.26. The van der Waals surface area contributed by atoms with Crippen molar-refractivity contribution in [3.63, 3.8) is 0 Å². The lowest BCUT2D eigenvalue weighted by Gasteiger charge is -2.05. The van der Waals surface area contributed by atoms with Crippen LogP contribution in [-0.2, 0) is 0 Å². The zero-order chi connectivity index (χ0) is 10.6. The molecule has 0 unspecified atom stereocenters. The van der Waals surface area contributed by atoms with Gasteiger partial charge in [-0.3, -0.25) is 4.79 Å². The van der Waals surface area contributed by atoms with Gasteiger partial charge in [0.15, 0.2) is 0 Å². The van der Waals surface area contributed by atoms with Gasteiger partial charge in [-0.2, -0.15) is 12.6 Å². The van der Waals surface area contributed by atoms with Gasteiger partial charge in [0.25, 0.3) is 5.91 Å². The van der Waals surface area contributed by atoms with Crippen LogP contribution in [0.1, 0.15) is 10.4 Å². The predicted molar refractivity (Wildman–Crippen MR) is 62.6 cm³/mol. The predicted octanol–water partition coefficient (Wildman–Crippen LogP) is 2.65. The van der Waals surface area contributed by atoms with Crippen LogP contribution in [0.25, 0.3) is 0 Å². The van der Waals surface area contributed by atoms with Crippen molar-refractivity contribution >= 4 is 41.7 Å². The summed E-state index contributed by atoms with van der Waals surface area (Å²) in [5.41, 5.74) is 0.390. The van der Waals surface area contributed by atoms with Crippen molar-refractivity contribution in [2.24, 2.45) is 0 Å². The first kappa shape index (κ1) is 11.7. The number of thiol groups is 1. The first-order valence-electron chi connectivity index (χ1n) is 3.99. The molecule has 1 rings (SSSR count). The number of nitrogens with one attached hydrogen (secondary N) is 1. The highest BCUT2D eigenvalue weighted by Crippen LogP contribution is 2.20. The molecule has 0 aromatic heterocycles. The minimum Gasteiger partial charge on any atom is -0.351 e. The van der Waals surface area contributed by atoms with Crippen LogP contribution in [-0.4, -0.2) is 18.2 Å². The number of carbonyl (C=O) groups excluding carboxylic acids is 1. The van der Waals surface area contributed by atoms with E-state index in [-0.39, 0.29) is 5.91 Å². The van der Waals surface area contributed by atoms with E-state index in [4.69, 9.17) is 23.2 Å². The van der Waals surface area contributed by atoms with E-state index in [2.05, 4.69) is 17.9 Å². The third-order valence-electron chi connectivity index (χ3n) is 1.57. The number of amides is 1. The van der Waals surface area contributed by atoms with Crippen molar-refractivity contribution in [3.8, 4) is 0 Å². The average molecular weight is 250 g/mol. The molecular formula is C9H9Cl2NOS. The zero-order valence-corrected chi connectivity index (χ0v) is 9.66. The maximum Gasteiger partial charge on any atom is 0.252 e. The fraction of sp³-hybridized carbons (Fsp3) is 0.222. The highest BCUT2D eigenvalue weighted by molar-refractivity contribution is 7.80. The van der Waals surface area contributed by atoms with Gasteiger partial charge < -0.3 is 5.32 Å². The largest absolute Gasteiger partial charge is 0.351 e. The fourth-order valence-corrected chi connectivity index (χ4v) is 1.42. The van der Waals surface area contributed by atoms with Gasteiger partial charge in [0.2, 0.25) is 0 Å². The average Bonchev–Trinajstić information content (AvgIpc) is 2.18. The van der Waals surface area contributed by atoms with Crippen LogP contribution in [0.5, 0.6) is 0 Å². The lowest BCUT2D eigenvalue weighted by molar-refractivity contribution is 0.0956. The summed E-state index contributed by atoms with van der Waals surface area (Å²) in [7, 11) is 0. The van der Waals surface area contributed by atoms with E-state index >= 15 is 0 Å². The van der Waals surface area contributed by atoms with E-state index in [0.717, 1.165) is 0 Å². The maximum atomic E-state index is 11.5. The summed E-state index contributed by atoms with van der Waals surface area (Å²) >= 11 is 15.6. The van der Waals surface area contributed by atoms with Crippen molar-refractivity contribution in [1.82, 2.24) is 5.32 Å². The van der Waals surface area contributed by atoms with Gasteiger partial charge in [0, 0.05) is 17.3 Å². The smallest absolute Gasteiger partial charge is 0.252 e. The monoisotopic (exact) mass is 249 g/mol. The third kappa shape index (κ3) is 3.08. The molecule has 0 fully saturated rings. The van der Waals surface area contributed by atoms with Gasteiger partial charge in [-0.1, -0.05) is 23.2 Å². The van der Waals surface area contributed by atoms with E-state index in [1.807, 2.05) is 0 Å². The Morgan fingerprint density at radius 3 is 2.79 bits per heavy atom. The van der Waals surface area contributed by atoms with Gasteiger partial charge >= 0.3 is 0 Å². The molecule has 0 aliphatic carbocycles. The van der Waals surface area contributed by atoms with E-state index in [9.17, 15) is 4.79 Å². The first-order valence-corrected chi connectivity index (χ1v) is 5.38. The maximum absolute atomic E-state index is 11.5. The molecule has 0 radical (unpaired) electrons. The van der Waals surface area contributed by atoms with Crippen molar-refractivity contribution in [2.45, 2.75) is 0 Å². The standard InChI is InChI=1S/C9H9Cl2NOS/c10-6-1-2-8(11)7(5-6)9(13)12-3-4-14/h1-2,5,14H,3-4H2,(H,12,13). The van der Waals surface area contributed by atoms with Gasteiger partial charge in [0.1, 0.15) is 0 Å². The van der Waals surface area contributed by atoms with Crippen molar-refractivity contribution < 1.29 is 4.79 Å². The fourth-order valence-electron chi connectivity index (χ4n) is 0.936. The molecule has 0 heterocycles. The van der Waals surface area contributed by atoms with Gasteiger partial charge in [0.05, 0.1) is 10.6 Å². The van der Waals surface area contributed by atoms with Gasteiger partial charge in [-0.05, 0) is 18.2 Å². The van der Waals surface area contributed by atoms with Crippen LogP contribution < -0.4 is 5.32 Å². The topological polar surface area (TPSA) is 29.1 Å². The van der Waals surface area contributed by atoms with Crippen LogP contribution in [0.3, 0.4) is 0 Å². The molecule has 2 nitrogen and oxygen atoms in total. The molecule has 1 aromatic carbocycles. The SMILES string of the molecule is O=C(NCCS)c1cc(Cl)ccc1Cl. The third-order valence-corrected chi connectivity index (χ3v) is 2.36. The lowest BCUT2D eigenvalue weighted by atomic mass is 10.2. The molecule has 0 saturated heterocycles. The Morgan fingerprint density at radius 2 is 2.14 bits per heavy atom. The second-order valence-corrected chi connectivity index (χ2v) is 3.89. The van der Waals surface area contributed by atoms with E-state index in [1.54, 1.807) is 12.1 Å². The molecule has 1 N–H and O–H groups in total. The van der Waals surface area contributed by atoms with Gasteiger partial charge in [-0.25, -0.2) is 0 Å². The molecule has 1 aromatic rings. The Kier molecular flexibility index (Phi) is 4.58. The second kappa shape index (κ2) is 5.49. The van der Waals surface area contributed by atoms with Crippen LogP contribution in [0.15, 0.2) is 18.2 Å². The Balaban J connectivity index is 2.83. The Morgan fingerprint density at radius 1 is 1.43 bits per heavy atom. The van der Waals surface area contributed by atoms with E-state index < -0.39 is 0 Å². The summed E-state index contributed by atoms with van der Waals surface area (Å²) in [5.74, 6) is 0.357. The Bertz CT molecular complexity index is 344. The number of hydrogen-bond donors (Lipinski definition) is 2. The summed E-state index contributed by atoms with van der Waals surface area (Å²) in [4.78, 5) is 11.5. The van der Waals surface area contributed by atoms with Crippen LogP contribution in [0.2, 0.25) is 10.0 Å². The van der Waals surface area contributed by atoms with Crippen molar-refractivity contribution in [2.75, 3.05) is 12.3 Å². The summed E-state index contributed by atoms with van der Waals surface area (Å²) < 4.78 is 0. The number of rotatable bonds is 3. The minimum absolute atomic E-state index is 0.230. The normalized spacial score (nSPS) is 9.93. The summed E-state index contributed by atoms with van der Waals surface area (Å²) in [6.45, 7) is 0.505. The second-order valence-electron chi connectivity index (χ2n) is 2.60. The molecule has 0 aliphatic heterocycles. The molecule has 5 heteroatoms. The number of halogens is 2. The van der Waals surface area contributed by atoms with Crippen LogP contribution in [0, 0.1) is 0 Å². The molecular weight excluding hydrogens is 241 g/mol. The number of hydrogen-bond acceptors (Lipinski definition) is 2. The molecule has 76 valence electrons. The number of benzene rings is 1. The first-order chi connectivity index (χ1) is 6.65. The highest BCUT2D eigenvalue weighted by atomic mass is 35.5. The summed E-state index contributed by atoms with van der Waals surface area (Å²) in [6, 6.07) is 4.77. The van der Waals surface area contributed by atoms with Crippen LogP contribution in [0.4, 0.5) is 0 Å². The van der Waals surface area contributed by atoms with Crippen molar-refractivity contribution in [1.29, 1.82) is 0 Å². The molecule has 0 aliphatic rings. The van der Waals surface area contributed by atoms with Gasteiger partial charge in [-0.15, -0.1) is 0 Å². The summed E-state index contributed by atoms with van der Waals surface area (Å²) in [5, 5.41) is 3.54. The Hall–Kier alpha value is -0.380.